The molecule has 21 heavy (non-hydrogen) atoms. The minimum atomic E-state index is -0.319. The number of benzene rings is 1. The molecular weight excluding hydrogens is 292 g/mol. The number of hydrogen-bond acceptors (Lipinski definition) is 5. The lowest BCUT2D eigenvalue weighted by molar-refractivity contribution is -0.143. The standard InChI is InChI=1S/C14H18N2O4S/c15-14(21)11-3-1-2-4-12(11)20-9-13(18)16-5-6-19-8-10(16)7-17/h1-4,10,17H,5-9H2,(H2,15,21). The predicted octanol–water partition coefficient (Wildman–Crippen LogP) is -0.0807. The normalized spacial score (nSPS) is 18.3. The van der Waals surface area contributed by atoms with E-state index < -0.39 is 0 Å². The number of carbonyl (C=O) groups excluding carboxylic acids is 1. The molecule has 1 amide bonds. The quantitative estimate of drug-likeness (QED) is 0.740. The molecule has 6 nitrogen and oxygen atoms in total. The zero-order valence-electron chi connectivity index (χ0n) is 11.5. The van der Waals surface area contributed by atoms with Crippen molar-refractivity contribution in [3.63, 3.8) is 0 Å². The van der Waals surface area contributed by atoms with Gasteiger partial charge in [-0.15, -0.1) is 0 Å². The molecule has 0 saturated carbocycles. The molecule has 3 N–H and O–H groups in total. The summed E-state index contributed by atoms with van der Waals surface area (Å²) >= 11 is 4.94. The van der Waals surface area contributed by atoms with Crippen LogP contribution >= 0.6 is 12.2 Å². The fourth-order valence-electron chi connectivity index (χ4n) is 2.15. The highest BCUT2D eigenvalue weighted by molar-refractivity contribution is 7.80. The Hall–Kier alpha value is -1.70. The van der Waals surface area contributed by atoms with E-state index in [1.807, 2.05) is 0 Å². The van der Waals surface area contributed by atoms with Crippen LogP contribution in [0.25, 0.3) is 0 Å². The Kier molecular flexibility index (Phi) is 5.49. The van der Waals surface area contributed by atoms with Crippen LogP contribution in [0.4, 0.5) is 0 Å². The van der Waals surface area contributed by atoms with Gasteiger partial charge in [-0.1, -0.05) is 24.4 Å². The highest BCUT2D eigenvalue weighted by atomic mass is 32.1. The predicted molar refractivity (Wildman–Crippen MR) is 81.2 cm³/mol. The summed E-state index contributed by atoms with van der Waals surface area (Å²) in [6, 6.07) is 6.72. The van der Waals surface area contributed by atoms with E-state index in [0.29, 0.717) is 31.1 Å². The van der Waals surface area contributed by atoms with E-state index in [1.165, 1.54) is 0 Å². The highest BCUT2D eigenvalue weighted by Crippen LogP contribution is 2.18. The van der Waals surface area contributed by atoms with Crippen molar-refractivity contribution in [3.8, 4) is 5.75 Å². The molecule has 0 spiro atoms. The van der Waals surface area contributed by atoms with Gasteiger partial charge in [0, 0.05) is 6.54 Å². The summed E-state index contributed by atoms with van der Waals surface area (Å²) in [5.41, 5.74) is 6.21. The first-order chi connectivity index (χ1) is 10.1. The maximum atomic E-state index is 12.2. The smallest absolute Gasteiger partial charge is 0.260 e. The van der Waals surface area contributed by atoms with Crippen LogP contribution in [0.5, 0.6) is 5.75 Å². The molecule has 1 fully saturated rings. The van der Waals surface area contributed by atoms with Crippen LogP contribution in [-0.2, 0) is 9.53 Å². The number of morpholine rings is 1. The van der Waals surface area contributed by atoms with Crippen LogP contribution in [0.2, 0.25) is 0 Å². The van der Waals surface area contributed by atoms with Crippen LogP contribution in [0.1, 0.15) is 5.56 Å². The maximum Gasteiger partial charge on any atom is 0.260 e. The van der Waals surface area contributed by atoms with Crippen molar-refractivity contribution in [1.29, 1.82) is 0 Å². The van der Waals surface area contributed by atoms with E-state index in [-0.39, 0.29) is 30.2 Å². The first kappa shape index (κ1) is 15.7. The van der Waals surface area contributed by atoms with Crippen LogP contribution < -0.4 is 10.5 Å². The summed E-state index contributed by atoms with van der Waals surface area (Å²) in [6.45, 7) is 0.993. The summed E-state index contributed by atoms with van der Waals surface area (Å²) in [5, 5.41) is 9.26. The first-order valence-corrected chi connectivity index (χ1v) is 7.04. The summed E-state index contributed by atoms with van der Waals surface area (Å²) < 4.78 is 10.8. The van der Waals surface area contributed by atoms with Gasteiger partial charge in [0.15, 0.2) is 6.61 Å². The second-order valence-corrected chi connectivity index (χ2v) is 5.09. The van der Waals surface area contributed by atoms with Crippen LogP contribution in [0.3, 0.4) is 0 Å². The van der Waals surface area contributed by atoms with E-state index in [4.69, 9.17) is 27.4 Å². The van der Waals surface area contributed by atoms with Gasteiger partial charge in [-0.2, -0.15) is 0 Å². The third-order valence-corrected chi connectivity index (χ3v) is 3.48. The molecule has 0 radical (unpaired) electrons. The van der Waals surface area contributed by atoms with E-state index in [9.17, 15) is 9.90 Å². The van der Waals surface area contributed by atoms with Gasteiger partial charge in [-0.3, -0.25) is 4.79 Å². The van der Waals surface area contributed by atoms with Crippen molar-refractivity contribution in [1.82, 2.24) is 4.90 Å². The fourth-order valence-corrected chi connectivity index (χ4v) is 2.32. The molecule has 1 aliphatic heterocycles. The van der Waals surface area contributed by atoms with Gasteiger partial charge in [0.1, 0.15) is 10.7 Å². The van der Waals surface area contributed by atoms with Gasteiger partial charge < -0.3 is 25.2 Å². The molecule has 2 rings (SSSR count). The van der Waals surface area contributed by atoms with Crippen molar-refractivity contribution in [3.05, 3.63) is 29.8 Å². The molecule has 1 heterocycles. The van der Waals surface area contributed by atoms with Gasteiger partial charge >= 0.3 is 0 Å². The molecule has 1 atom stereocenters. The average Bonchev–Trinajstić information content (AvgIpc) is 2.52. The molecule has 7 heteroatoms. The molecule has 1 aromatic carbocycles. The SMILES string of the molecule is NC(=S)c1ccccc1OCC(=O)N1CCOCC1CO. The van der Waals surface area contributed by atoms with Crippen molar-refractivity contribution >= 4 is 23.1 Å². The summed E-state index contributed by atoms with van der Waals surface area (Å²) in [6.07, 6.45) is 0. The van der Waals surface area contributed by atoms with Crippen molar-refractivity contribution < 1.29 is 19.4 Å². The van der Waals surface area contributed by atoms with Gasteiger partial charge in [0.25, 0.3) is 5.91 Å². The van der Waals surface area contributed by atoms with E-state index >= 15 is 0 Å². The lowest BCUT2D eigenvalue weighted by atomic mass is 10.2. The molecule has 0 aromatic heterocycles. The Labute approximate surface area is 128 Å². The number of amides is 1. The molecule has 114 valence electrons. The molecule has 0 aliphatic carbocycles. The number of ether oxygens (including phenoxy) is 2. The largest absolute Gasteiger partial charge is 0.483 e. The second kappa shape index (κ2) is 7.35. The van der Waals surface area contributed by atoms with Gasteiger partial charge in [0.05, 0.1) is 31.4 Å². The number of rotatable bonds is 5. The van der Waals surface area contributed by atoms with Crippen LogP contribution in [0, 0.1) is 0 Å². The van der Waals surface area contributed by atoms with Crippen LogP contribution in [-0.4, -0.2) is 59.9 Å². The van der Waals surface area contributed by atoms with E-state index in [0.717, 1.165) is 0 Å². The monoisotopic (exact) mass is 310 g/mol. The van der Waals surface area contributed by atoms with E-state index in [2.05, 4.69) is 0 Å². The van der Waals surface area contributed by atoms with Crippen LogP contribution in [0.15, 0.2) is 24.3 Å². The minimum Gasteiger partial charge on any atom is -0.483 e. The van der Waals surface area contributed by atoms with Gasteiger partial charge in [-0.25, -0.2) is 0 Å². The Morgan fingerprint density at radius 1 is 1.52 bits per heavy atom. The number of carbonyl (C=O) groups is 1. The van der Waals surface area contributed by atoms with Gasteiger partial charge in [0.2, 0.25) is 0 Å². The number of nitrogens with two attached hydrogens (primary N) is 1. The Morgan fingerprint density at radius 2 is 2.29 bits per heavy atom. The molecule has 1 aliphatic rings. The molecule has 1 saturated heterocycles. The van der Waals surface area contributed by atoms with Crippen molar-refractivity contribution in [2.24, 2.45) is 5.73 Å². The van der Waals surface area contributed by atoms with E-state index in [1.54, 1.807) is 29.2 Å². The summed E-state index contributed by atoms with van der Waals surface area (Å²) in [5.74, 6) is 0.280. The molecule has 0 bridgehead atoms. The number of hydrogen-bond donors (Lipinski definition) is 2. The van der Waals surface area contributed by atoms with Crippen molar-refractivity contribution in [2.45, 2.75) is 6.04 Å². The Bertz CT molecular complexity index is 523. The molecule has 1 aromatic rings. The average molecular weight is 310 g/mol. The Morgan fingerprint density at radius 3 is 3.00 bits per heavy atom. The second-order valence-electron chi connectivity index (χ2n) is 4.65. The molecule has 1 unspecified atom stereocenters. The zero-order valence-corrected chi connectivity index (χ0v) is 12.3. The highest BCUT2D eigenvalue weighted by Gasteiger charge is 2.27. The third kappa shape index (κ3) is 3.90. The topological polar surface area (TPSA) is 85.0 Å². The zero-order chi connectivity index (χ0) is 15.2. The number of thiocarbonyl (C=S) groups is 1. The lowest BCUT2D eigenvalue weighted by Gasteiger charge is -2.34. The van der Waals surface area contributed by atoms with Crippen molar-refractivity contribution in [2.75, 3.05) is 33.0 Å². The number of aliphatic hydroxyl groups is 1. The Balaban J connectivity index is 1.99. The minimum absolute atomic E-state index is 0.129. The number of aliphatic hydroxyl groups excluding tert-OH is 1. The maximum absolute atomic E-state index is 12.2. The fraction of sp³-hybridized carbons (Fsp3) is 0.429. The third-order valence-electron chi connectivity index (χ3n) is 3.26. The number of para-hydroxylation sites is 1. The summed E-state index contributed by atoms with van der Waals surface area (Å²) in [4.78, 5) is 14.0. The lowest BCUT2D eigenvalue weighted by Crippen LogP contribution is -2.51. The van der Waals surface area contributed by atoms with Gasteiger partial charge in [-0.05, 0) is 12.1 Å². The number of nitrogens with zero attached hydrogens (tertiary/aromatic N) is 1. The first-order valence-electron chi connectivity index (χ1n) is 6.63. The molecular formula is C14H18N2O4S. The summed E-state index contributed by atoms with van der Waals surface area (Å²) in [7, 11) is 0.